The summed E-state index contributed by atoms with van der Waals surface area (Å²) in [6.07, 6.45) is 3.04. The molecule has 0 bridgehead atoms. The third kappa shape index (κ3) is 1.76. The summed E-state index contributed by atoms with van der Waals surface area (Å²) in [6.45, 7) is 2.12. The van der Waals surface area contributed by atoms with E-state index in [1.54, 1.807) is 14.2 Å². The van der Waals surface area contributed by atoms with E-state index in [4.69, 9.17) is 15.2 Å². The maximum Gasteiger partial charge on any atom is 0.126 e. The smallest absolute Gasteiger partial charge is 0.126 e. The van der Waals surface area contributed by atoms with E-state index in [1.165, 1.54) is 11.1 Å². The lowest BCUT2D eigenvalue weighted by Crippen LogP contribution is -2.21. The van der Waals surface area contributed by atoms with Gasteiger partial charge in [-0.15, -0.1) is 0 Å². The standard InChI is InChI=1S/C13H19NO2/c1-4-10-11(13(14)5-6-13)7-9(15-2)8-12(10)16-3/h7-8H,4-6,14H2,1-3H3. The van der Waals surface area contributed by atoms with Crippen LogP contribution in [0.25, 0.3) is 0 Å². The molecule has 88 valence electrons. The highest BCUT2D eigenvalue weighted by atomic mass is 16.5. The third-order valence-electron chi connectivity index (χ3n) is 3.32. The third-order valence-corrected chi connectivity index (χ3v) is 3.32. The van der Waals surface area contributed by atoms with Gasteiger partial charge in [0.2, 0.25) is 0 Å². The van der Waals surface area contributed by atoms with Crippen molar-refractivity contribution in [3.63, 3.8) is 0 Å². The number of nitrogens with two attached hydrogens (primary N) is 1. The molecule has 0 saturated heterocycles. The first-order valence-electron chi connectivity index (χ1n) is 5.69. The van der Waals surface area contributed by atoms with Crippen LogP contribution >= 0.6 is 0 Å². The van der Waals surface area contributed by atoms with Gasteiger partial charge >= 0.3 is 0 Å². The number of hydrogen-bond donors (Lipinski definition) is 1. The quantitative estimate of drug-likeness (QED) is 0.847. The van der Waals surface area contributed by atoms with Gasteiger partial charge in [0, 0.05) is 11.6 Å². The van der Waals surface area contributed by atoms with Gasteiger partial charge < -0.3 is 15.2 Å². The Morgan fingerprint density at radius 2 is 1.94 bits per heavy atom. The van der Waals surface area contributed by atoms with E-state index < -0.39 is 0 Å². The Morgan fingerprint density at radius 1 is 1.25 bits per heavy atom. The molecule has 0 heterocycles. The SMILES string of the molecule is CCc1c(OC)cc(OC)cc1C1(N)CC1. The van der Waals surface area contributed by atoms with Crippen LogP contribution in [0, 0.1) is 0 Å². The molecule has 0 spiro atoms. The maximum absolute atomic E-state index is 6.28. The first-order chi connectivity index (χ1) is 7.64. The van der Waals surface area contributed by atoms with E-state index >= 15 is 0 Å². The highest BCUT2D eigenvalue weighted by Gasteiger charge is 2.42. The number of rotatable bonds is 4. The Morgan fingerprint density at radius 3 is 2.38 bits per heavy atom. The number of hydrogen-bond acceptors (Lipinski definition) is 3. The minimum absolute atomic E-state index is 0.146. The lowest BCUT2D eigenvalue weighted by atomic mass is 9.96. The molecular weight excluding hydrogens is 202 g/mol. The Kier molecular flexibility index (Phi) is 2.80. The molecule has 0 amide bonds. The highest BCUT2D eigenvalue weighted by molar-refractivity contribution is 5.51. The largest absolute Gasteiger partial charge is 0.497 e. The average Bonchev–Trinajstić information content (AvgIpc) is 3.06. The van der Waals surface area contributed by atoms with E-state index in [-0.39, 0.29) is 5.54 Å². The molecule has 1 saturated carbocycles. The minimum Gasteiger partial charge on any atom is -0.497 e. The van der Waals surface area contributed by atoms with Crippen molar-refractivity contribution in [2.45, 2.75) is 31.7 Å². The summed E-state index contributed by atoms with van der Waals surface area (Å²) in [7, 11) is 3.36. The molecule has 1 fully saturated rings. The van der Waals surface area contributed by atoms with Crippen molar-refractivity contribution in [1.29, 1.82) is 0 Å². The van der Waals surface area contributed by atoms with Crippen LogP contribution < -0.4 is 15.2 Å². The van der Waals surface area contributed by atoms with Crippen molar-refractivity contribution < 1.29 is 9.47 Å². The Hall–Kier alpha value is -1.22. The Bertz CT molecular complexity index is 397. The summed E-state index contributed by atoms with van der Waals surface area (Å²) in [5.74, 6) is 1.70. The molecular formula is C13H19NO2. The molecule has 0 aromatic heterocycles. The van der Waals surface area contributed by atoms with Crippen LogP contribution in [-0.4, -0.2) is 14.2 Å². The lowest BCUT2D eigenvalue weighted by Gasteiger charge is -2.19. The fourth-order valence-electron chi connectivity index (χ4n) is 2.13. The van der Waals surface area contributed by atoms with Crippen LogP contribution in [0.5, 0.6) is 11.5 Å². The summed E-state index contributed by atoms with van der Waals surface area (Å²) >= 11 is 0. The van der Waals surface area contributed by atoms with Crippen LogP contribution in [0.3, 0.4) is 0 Å². The molecule has 1 aromatic rings. The Balaban J connectivity index is 2.55. The summed E-state index contributed by atoms with van der Waals surface area (Å²) < 4.78 is 10.7. The van der Waals surface area contributed by atoms with E-state index in [0.29, 0.717) is 0 Å². The zero-order chi connectivity index (χ0) is 11.8. The zero-order valence-corrected chi connectivity index (χ0v) is 10.2. The topological polar surface area (TPSA) is 44.5 Å². The zero-order valence-electron chi connectivity index (χ0n) is 10.2. The van der Waals surface area contributed by atoms with E-state index in [0.717, 1.165) is 30.8 Å². The first-order valence-corrected chi connectivity index (χ1v) is 5.69. The van der Waals surface area contributed by atoms with Gasteiger partial charge in [-0.25, -0.2) is 0 Å². The lowest BCUT2D eigenvalue weighted by molar-refractivity contribution is 0.389. The van der Waals surface area contributed by atoms with Crippen molar-refractivity contribution in [1.82, 2.24) is 0 Å². The molecule has 2 rings (SSSR count). The van der Waals surface area contributed by atoms with Crippen LogP contribution in [-0.2, 0) is 12.0 Å². The fourth-order valence-corrected chi connectivity index (χ4v) is 2.13. The minimum atomic E-state index is -0.146. The maximum atomic E-state index is 6.28. The van der Waals surface area contributed by atoms with Crippen molar-refractivity contribution in [3.8, 4) is 11.5 Å². The van der Waals surface area contributed by atoms with E-state index in [2.05, 4.69) is 6.92 Å². The van der Waals surface area contributed by atoms with E-state index in [1.807, 2.05) is 12.1 Å². The van der Waals surface area contributed by atoms with Gasteiger partial charge in [-0.1, -0.05) is 6.92 Å². The van der Waals surface area contributed by atoms with Gasteiger partial charge in [0.1, 0.15) is 11.5 Å². The summed E-state index contributed by atoms with van der Waals surface area (Å²) in [5.41, 5.74) is 8.53. The number of methoxy groups -OCH3 is 2. The van der Waals surface area contributed by atoms with Crippen LogP contribution in [0.1, 0.15) is 30.9 Å². The second kappa shape index (κ2) is 3.98. The highest BCUT2D eigenvalue weighted by Crippen LogP contribution is 2.47. The predicted molar refractivity (Wildman–Crippen MR) is 64.0 cm³/mol. The number of ether oxygens (including phenoxy) is 2. The van der Waals surface area contributed by atoms with Crippen molar-refractivity contribution >= 4 is 0 Å². The van der Waals surface area contributed by atoms with Crippen molar-refractivity contribution in [2.24, 2.45) is 5.73 Å². The van der Waals surface area contributed by atoms with Crippen molar-refractivity contribution in [3.05, 3.63) is 23.3 Å². The summed E-state index contributed by atoms with van der Waals surface area (Å²) in [4.78, 5) is 0. The number of benzene rings is 1. The molecule has 1 aromatic carbocycles. The van der Waals surface area contributed by atoms with Gasteiger partial charge in [-0.2, -0.15) is 0 Å². The van der Waals surface area contributed by atoms with Gasteiger partial charge in [0.25, 0.3) is 0 Å². The molecule has 0 atom stereocenters. The molecule has 1 aliphatic rings. The van der Waals surface area contributed by atoms with Crippen molar-refractivity contribution in [2.75, 3.05) is 14.2 Å². The molecule has 2 N–H and O–H groups in total. The fraction of sp³-hybridized carbons (Fsp3) is 0.538. The first kappa shape index (κ1) is 11.3. The van der Waals surface area contributed by atoms with Gasteiger partial charge in [-0.3, -0.25) is 0 Å². The summed E-state index contributed by atoms with van der Waals surface area (Å²) in [5, 5.41) is 0. The molecule has 1 aliphatic carbocycles. The molecule has 3 nitrogen and oxygen atoms in total. The molecule has 0 aliphatic heterocycles. The van der Waals surface area contributed by atoms with Gasteiger partial charge in [-0.05, 0) is 36.5 Å². The van der Waals surface area contributed by atoms with Gasteiger partial charge in [0.15, 0.2) is 0 Å². The second-order valence-electron chi connectivity index (χ2n) is 4.37. The van der Waals surface area contributed by atoms with Crippen LogP contribution in [0.15, 0.2) is 12.1 Å². The van der Waals surface area contributed by atoms with Crippen LogP contribution in [0.2, 0.25) is 0 Å². The molecule has 16 heavy (non-hydrogen) atoms. The van der Waals surface area contributed by atoms with Gasteiger partial charge in [0.05, 0.1) is 14.2 Å². The predicted octanol–water partition coefficient (Wildman–Crippen LogP) is 2.21. The van der Waals surface area contributed by atoms with Crippen LogP contribution in [0.4, 0.5) is 0 Å². The molecule has 0 unspecified atom stereocenters. The van der Waals surface area contributed by atoms with E-state index in [9.17, 15) is 0 Å². The Labute approximate surface area is 96.5 Å². The molecule has 3 heteroatoms. The normalized spacial score (nSPS) is 17.0. The average molecular weight is 221 g/mol. The molecule has 0 radical (unpaired) electrons. The second-order valence-corrected chi connectivity index (χ2v) is 4.37. The summed E-state index contributed by atoms with van der Waals surface area (Å²) in [6, 6.07) is 3.97. The monoisotopic (exact) mass is 221 g/mol.